The van der Waals surface area contributed by atoms with Gasteiger partial charge in [0.2, 0.25) is 0 Å². The zero-order valence-corrected chi connectivity index (χ0v) is 18.3. The van der Waals surface area contributed by atoms with Crippen LogP contribution >= 0.6 is 0 Å². The van der Waals surface area contributed by atoms with E-state index < -0.39 is 0 Å². The molecule has 2 N–H and O–H groups in total. The van der Waals surface area contributed by atoms with Crippen LogP contribution in [0, 0.1) is 0 Å². The Morgan fingerprint density at radius 2 is 1.76 bits per heavy atom. The predicted octanol–water partition coefficient (Wildman–Crippen LogP) is 4.04. The molecule has 2 fully saturated rings. The van der Waals surface area contributed by atoms with Crippen molar-refractivity contribution in [3.05, 3.63) is 60.0 Å². The van der Waals surface area contributed by atoms with Gasteiger partial charge < -0.3 is 20.3 Å². The molecule has 1 aromatic carbocycles. The molecule has 1 aliphatic carbocycles. The number of hydrogen-bond acceptors (Lipinski definition) is 6. The molecule has 2 amide bonds. The van der Waals surface area contributed by atoms with Crippen LogP contribution in [-0.4, -0.2) is 46.3 Å². The van der Waals surface area contributed by atoms with E-state index in [0.717, 1.165) is 49.7 Å². The predicted molar refractivity (Wildman–Crippen MR) is 126 cm³/mol. The molecule has 8 heteroatoms. The third kappa shape index (κ3) is 3.91. The largest absolute Gasteiger partial charge is 0.377 e. The van der Waals surface area contributed by atoms with Gasteiger partial charge in [-0.05, 0) is 68.5 Å². The SMILES string of the molecule is O=C(Nc1ccc(-c2nc3c(c(N4C5CCC4COC5)n2)CCC3)cc1)Nc1cccnc1. The van der Waals surface area contributed by atoms with Gasteiger partial charge in [-0.3, -0.25) is 4.98 Å². The van der Waals surface area contributed by atoms with Crippen molar-refractivity contribution in [2.45, 2.75) is 44.2 Å². The van der Waals surface area contributed by atoms with E-state index in [4.69, 9.17) is 14.7 Å². The summed E-state index contributed by atoms with van der Waals surface area (Å²) in [6.45, 7) is 1.57. The van der Waals surface area contributed by atoms with Crippen LogP contribution in [0.5, 0.6) is 0 Å². The lowest BCUT2D eigenvalue weighted by atomic mass is 10.1. The Hall–Kier alpha value is -3.52. The average molecular weight is 443 g/mol. The quantitative estimate of drug-likeness (QED) is 0.634. The number of aryl methyl sites for hydroxylation is 1. The van der Waals surface area contributed by atoms with Gasteiger partial charge in [-0.1, -0.05) is 0 Å². The lowest BCUT2D eigenvalue weighted by Crippen LogP contribution is -2.46. The van der Waals surface area contributed by atoms with E-state index in [1.807, 2.05) is 24.3 Å². The van der Waals surface area contributed by atoms with Crippen molar-refractivity contribution in [2.75, 3.05) is 28.7 Å². The van der Waals surface area contributed by atoms with Crippen LogP contribution in [0.25, 0.3) is 11.4 Å². The lowest BCUT2D eigenvalue weighted by Gasteiger charge is -2.36. The minimum absolute atomic E-state index is 0.311. The third-order valence-electron chi connectivity index (χ3n) is 6.72. The van der Waals surface area contributed by atoms with Crippen molar-refractivity contribution in [3.63, 3.8) is 0 Å². The van der Waals surface area contributed by atoms with Gasteiger partial charge in [-0.2, -0.15) is 0 Å². The first-order chi connectivity index (χ1) is 16.2. The summed E-state index contributed by atoms with van der Waals surface area (Å²) in [7, 11) is 0. The fraction of sp³-hybridized carbons (Fsp3) is 0.360. The Labute approximate surface area is 192 Å². The van der Waals surface area contributed by atoms with Gasteiger partial charge in [0.1, 0.15) is 5.82 Å². The Morgan fingerprint density at radius 3 is 2.52 bits per heavy atom. The number of pyridine rings is 1. The highest BCUT2D eigenvalue weighted by atomic mass is 16.5. The highest BCUT2D eigenvalue weighted by Gasteiger charge is 2.40. The van der Waals surface area contributed by atoms with Crippen molar-refractivity contribution in [2.24, 2.45) is 0 Å². The van der Waals surface area contributed by atoms with Gasteiger partial charge in [0.25, 0.3) is 0 Å². The second-order valence-corrected chi connectivity index (χ2v) is 8.88. The van der Waals surface area contributed by atoms with E-state index in [9.17, 15) is 4.79 Å². The van der Waals surface area contributed by atoms with E-state index in [1.54, 1.807) is 24.5 Å². The van der Waals surface area contributed by atoms with Crippen LogP contribution in [0.3, 0.4) is 0 Å². The van der Waals surface area contributed by atoms with E-state index >= 15 is 0 Å². The first-order valence-corrected chi connectivity index (χ1v) is 11.6. The van der Waals surface area contributed by atoms with Gasteiger partial charge in [0.05, 0.1) is 37.2 Å². The first kappa shape index (κ1) is 20.1. The molecular formula is C25H26N6O2. The van der Waals surface area contributed by atoms with Crippen LogP contribution in [0.4, 0.5) is 22.0 Å². The molecular weight excluding hydrogens is 416 g/mol. The van der Waals surface area contributed by atoms with Crippen LogP contribution in [0.2, 0.25) is 0 Å². The fourth-order valence-corrected chi connectivity index (χ4v) is 5.16. The number of hydrogen-bond donors (Lipinski definition) is 2. The summed E-state index contributed by atoms with van der Waals surface area (Å²) in [5.74, 6) is 1.87. The smallest absolute Gasteiger partial charge is 0.323 e. The number of anilines is 3. The minimum atomic E-state index is -0.311. The van der Waals surface area contributed by atoms with Crippen LogP contribution in [0.15, 0.2) is 48.8 Å². The molecule has 168 valence electrons. The number of morpholine rings is 1. The van der Waals surface area contributed by atoms with E-state index in [1.165, 1.54) is 24.1 Å². The molecule has 2 aromatic heterocycles. The van der Waals surface area contributed by atoms with Crippen LogP contribution in [-0.2, 0) is 17.6 Å². The first-order valence-electron chi connectivity index (χ1n) is 11.6. The second kappa shape index (κ2) is 8.44. The molecule has 2 unspecified atom stereocenters. The van der Waals surface area contributed by atoms with Crippen molar-refractivity contribution in [1.82, 2.24) is 15.0 Å². The number of carbonyl (C=O) groups excluding carboxylic acids is 1. The number of rotatable bonds is 4. The molecule has 0 spiro atoms. The number of nitrogens with one attached hydrogen (secondary N) is 2. The number of benzene rings is 1. The summed E-state index contributed by atoms with van der Waals surface area (Å²) >= 11 is 0. The van der Waals surface area contributed by atoms with Crippen molar-refractivity contribution in [3.8, 4) is 11.4 Å². The number of nitrogens with zero attached hydrogens (tertiary/aromatic N) is 4. The number of carbonyl (C=O) groups is 1. The van der Waals surface area contributed by atoms with Gasteiger partial charge in [0.15, 0.2) is 5.82 Å². The second-order valence-electron chi connectivity index (χ2n) is 8.88. The molecule has 2 bridgehead atoms. The molecule has 2 atom stereocenters. The van der Waals surface area contributed by atoms with Crippen molar-refractivity contribution in [1.29, 1.82) is 0 Å². The standard InChI is InChI=1S/C25H26N6O2/c32-25(28-18-3-2-12-26-13-18)27-17-8-6-16(7-9-17)23-29-22-5-1-4-21(22)24(30-23)31-19-10-11-20(31)15-33-14-19/h2-3,6-9,12-13,19-20H,1,4-5,10-11,14-15H2,(H2,27,28,32). The number of fused-ring (bicyclic) bond motifs is 3. The van der Waals surface area contributed by atoms with Crippen molar-refractivity contribution >= 4 is 23.2 Å². The summed E-state index contributed by atoms with van der Waals surface area (Å²) in [6, 6.07) is 11.8. The average Bonchev–Trinajstić information content (AvgIpc) is 3.41. The fourth-order valence-electron chi connectivity index (χ4n) is 5.16. The molecule has 0 saturated carbocycles. The highest BCUT2D eigenvalue weighted by Crippen LogP contribution is 2.39. The molecule has 2 saturated heterocycles. The minimum Gasteiger partial charge on any atom is -0.377 e. The van der Waals surface area contributed by atoms with Gasteiger partial charge >= 0.3 is 6.03 Å². The number of aromatic nitrogens is 3. The monoisotopic (exact) mass is 442 g/mol. The molecule has 33 heavy (non-hydrogen) atoms. The maximum absolute atomic E-state index is 12.3. The van der Waals surface area contributed by atoms with Gasteiger partial charge in [-0.25, -0.2) is 14.8 Å². The normalized spacial score (nSPS) is 21.0. The Kier molecular flexibility index (Phi) is 5.14. The van der Waals surface area contributed by atoms with Gasteiger partial charge in [0, 0.05) is 28.7 Å². The summed E-state index contributed by atoms with van der Waals surface area (Å²) in [4.78, 5) is 28.8. The molecule has 0 radical (unpaired) electrons. The molecule has 3 aromatic rings. The van der Waals surface area contributed by atoms with Gasteiger partial charge in [-0.15, -0.1) is 0 Å². The summed E-state index contributed by atoms with van der Waals surface area (Å²) in [5.41, 5.74) is 4.79. The Balaban J connectivity index is 1.24. The van der Waals surface area contributed by atoms with Crippen LogP contribution < -0.4 is 15.5 Å². The van der Waals surface area contributed by atoms with E-state index in [0.29, 0.717) is 23.5 Å². The van der Waals surface area contributed by atoms with Crippen LogP contribution in [0.1, 0.15) is 30.5 Å². The zero-order chi connectivity index (χ0) is 22.2. The molecule has 3 aliphatic rings. The Morgan fingerprint density at radius 1 is 0.970 bits per heavy atom. The third-order valence-corrected chi connectivity index (χ3v) is 6.72. The molecule has 4 heterocycles. The highest BCUT2D eigenvalue weighted by molar-refractivity contribution is 5.99. The van der Waals surface area contributed by atoms with E-state index in [-0.39, 0.29) is 6.03 Å². The van der Waals surface area contributed by atoms with Crippen molar-refractivity contribution < 1.29 is 9.53 Å². The maximum Gasteiger partial charge on any atom is 0.323 e. The van der Waals surface area contributed by atoms with E-state index in [2.05, 4.69) is 20.5 Å². The lowest BCUT2D eigenvalue weighted by molar-refractivity contribution is 0.0901. The number of amides is 2. The zero-order valence-electron chi connectivity index (χ0n) is 18.3. The topological polar surface area (TPSA) is 92.3 Å². The maximum atomic E-state index is 12.3. The number of urea groups is 1. The molecule has 6 rings (SSSR count). The molecule has 2 aliphatic heterocycles. The Bertz CT molecular complexity index is 1150. The summed E-state index contributed by atoms with van der Waals surface area (Å²) < 4.78 is 5.80. The summed E-state index contributed by atoms with van der Waals surface area (Å²) in [6.07, 6.45) is 8.79. The summed E-state index contributed by atoms with van der Waals surface area (Å²) in [5, 5.41) is 5.62. The molecule has 8 nitrogen and oxygen atoms in total. The number of ether oxygens (including phenoxy) is 1.